The van der Waals surface area contributed by atoms with Crippen LogP contribution < -0.4 is 0 Å². The number of aliphatic hydroxyl groups is 4. The summed E-state index contributed by atoms with van der Waals surface area (Å²) >= 11 is 0. The minimum Gasteiger partial charge on any atom is -0.397 e. The van der Waals surface area contributed by atoms with Gasteiger partial charge in [0.05, 0.1) is 13.2 Å². The molecule has 28 heavy (non-hydrogen) atoms. The molecule has 0 unspecified atom stereocenters. The van der Waals surface area contributed by atoms with Crippen LogP contribution in [0.25, 0.3) is 0 Å². The van der Waals surface area contributed by atoms with Crippen molar-refractivity contribution in [2.45, 2.75) is 26.6 Å². The van der Waals surface area contributed by atoms with Crippen LogP contribution in [0, 0.1) is 0 Å². The number of hydrogen-bond acceptors (Lipinski definition) is 4. The van der Waals surface area contributed by atoms with Crippen molar-refractivity contribution >= 4 is 0 Å². The van der Waals surface area contributed by atoms with Crippen molar-refractivity contribution in [3.8, 4) is 0 Å². The third kappa shape index (κ3) is 14.6. The molecule has 152 valence electrons. The summed E-state index contributed by atoms with van der Waals surface area (Å²) in [7, 11) is 0. The fourth-order valence-electron chi connectivity index (χ4n) is 1.94. The molecular formula is C24H32O4. The van der Waals surface area contributed by atoms with Gasteiger partial charge >= 0.3 is 0 Å². The summed E-state index contributed by atoms with van der Waals surface area (Å²) in [6, 6.07) is 29.0. The van der Waals surface area contributed by atoms with E-state index in [0.29, 0.717) is 0 Å². The van der Waals surface area contributed by atoms with Crippen molar-refractivity contribution in [3.05, 3.63) is 108 Å². The molecule has 0 saturated heterocycles. The SMILES string of the molecule is CCO.OCCc1ccccc1.OCc1ccccc1.OCc1ccccc1. The molecule has 3 aromatic carbocycles. The summed E-state index contributed by atoms with van der Waals surface area (Å²) in [5.41, 5.74) is 3.12. The number of hydrogen-bond donors (Lipinski definition) is 4. The van der Waals surface area contributed by atoms with Gasteiger partial charge in [0.1, 0.15) is 0 Å². The Kier molecular flexibility index (Phi) is 17.5. The molecule has 4 N–H and O–H groups in total. The van der Waals surface area contributed by atoms with Gasteiger partial charge in [-0.3, -0.25) is 0 Å². The zero-order chi connectivity index (χ0) is 20.9. The number of aliphatic hydroxyl groups excluding tert-OH is 4. The number of benzene rings is 3. The zero-order valence-corrected chi connectivity index (χ0v) is 16.5. The van der Waals surface area contributed by atoms with Crippen LogP contribution in [0.15, 0.2) is 91.0 Å². The van der Waals surface area contributed by atoms with E-state index in [1.165, 1.54) is 5.56 Å². The molecule has 0 spiro atoms. The fourth-order valence-corrected chi connectivity index (χ4v) is 1.94. The van der Waals surface area contributed by atoms with Crippen LogP contribution >= 0.6 is 0 Å². The maximum absolute atomic E-state index is 8.54. The topological polar surface area (TPSA) is 80.9 Å². The van der Waals surface area contributed by atoms with Crippen molar-refractivity contribution < 1.29 is 20.4 Å². The highest BCUT2D eigenvalue weighted by Gasteiger charge is 1.85. The van der Waals surface area contributed by atoms with E-state index >= 15 is 0 Å². The van der Waals surface area contributed by atoms with Gasteiger partial charge < -0.3 is 20.4 Å². The van der Waals surface area contributed by atoms with Gasteiger partial charge in [-0.1, -0.05) is 91.0 Å². The molecule has 4 heteroatoms. The zero-order valence-electron chi connectivity index (χ0n) is 16.5. The molecule has 0 aliphatic carbocycles. The van der Waals surface area contributed by atoms with Gasteiger partial charge in [-0.15, -0.1) is 0 Å². The maximum atomic E-state index is 8.54. The molecule has 0 heterocycles. The van der Waals surface area contributed by atoms with E-state index < -0.39 is 0 Å². The van der Waals surface area contributed by atoms with Crippen LogP contribution in [0.3, 0.4) is 0 Å². The predicted molar refractivity (Wildman–Crippen MR) is 115 cm³/mol. The highest BCUT2D eigenvalue weighted by Crippen LogP contribution is 1.97. The molecule has 0 bridgehead atoms. The Labute approximate surface area is 168 Å². The van der Waals surface area contributed by atoms with Gasteiger partial charge in [-0.25, -0.2) is 0 Å². The first-order chi connectivity index (χ1) is 13.7. The van der Waals surface area contributed by atoms with Crippen molar-refractivity contribution in [2.24, 2.45) is 0 Å². The van der Waals surface area contributed by atoms with E-state index in [1.54, 1.807) is 6.92 Å². The molecule has 3 aromatic rings. The molecule has 4 nitrogen and oxygen atoms in total. The van der Waals surface area contributed by atoms with Gasteiger partial charge in [-0.2, -0.15) is 0 Å². The standard InChI is InChI=1S/C8H10O.2C7H8O.C2H6O/c9-7-6-8-4-2-1-3-5-8;2*8-6-7-4-2-1-3-5-7;1-2-3/h1-5,9H,6-7H2;2*1-5,8H,6H2;3H,2H2,1H3. The van der Waals surface area contributed by atoms with E-state index in [4.69, 9.17) is 20.4 Å². The largest absolute Gasteiger partial charge is 0.397 e. The summed E-state index contributed by atoms with van der Waals surface area (Å²) < 4.78 is 0. The normalized spacial score (nSPS) is 8.89. The van der Waals surface area contributed by atoms with Crippen LogP contribution in [0.1, 0.15) is 23.6 Å². The van der Waals surface area contributed by atoms with Crippen LogP contribution in [-0.4, -0.2) is 33.6 Å². The van der Waals surface area contributed by atoms with Crippen LogP contribution in [0.2, 0.25) is 0 Å². The third-order valence-corrected chi connectivity index (χ3v) is 3.29. The van der Waals surface area contributed by atoms with Crippen molar-refractivity contribution in [2.75, 3.05) is 13.2 Å². The van der Waals surface area contributed by atoms with Crippen LogP contribution in [0.5, 0.6) is 0 Å². The second-order valence-electron chi connectivity index (χ2n) is 5.56. The molecule has 0 amide bonds. The predicted octanol–water partition coefficient (Wildman–Crippen LogP) is 3.58. The van der Waals surface area contributed by atoms with Crippen LogP contribution in [-0.2, 0) is 19.6 Å². The molecule has 0 saturated carbocycles. The van der Waals surface area contributed by atoms with Gasteiger partial charge in [0.2, 0.25) is 0 Å². The summed E-state index contributed by atoms with van der Waals surface area (Å²) in [5.74, 6) is 0. The lowest BCUT2D eigenvalue weighted by atomic mass is 10.2. The average molecular weight is 385 g/mol. The van der Waals surface area contributed by atoms with E-state index in [9.17, 15) is 0 Å². The second-order valence-corrected chi connectivity index (χ2v) is 5.56. The quantitative estimate of drug-likeness (QED) is 0.554. The van der Waals surface area contributed by atoms with Crippen molar-refractivity contribution in [1.29, 1.82) is 0 Å². The lowest BCUT2D eigenvalue weighted by molar-refractivity contribution is 0.281. The Morgan fingerprint density at radius 3 is 1.00 bits per heavy atom. The Bertz CT molecular complexity index is 618. The van der Waals surface area contributed by atoms with Gasteiger partial charge in [0, 0.05) is 13.2 Å². The average Bonchev–Trinajstić information content (AvgIpc) is 2.77. The summed E-state index contributed by atoms with van der Waals surface area (Å²) in [6.07, 6.45) is 0.765. The Hall–Kier alpha value is -2.50. The molecule has 0 aliphatic heterocycles. The Balaban J connectivity index is 0.000000365. The van der Waals surface area contributed by atoms with Gasteiger partial charge in [0.15, 0.2) is 0 Å². The number of rotatable bonds is 4. The van der Waals surface area contributed by atoms with Crippen LogP contribution in [0.4, 0.5) is 0 Å². The lowest BCUT2D eigenvalue weighted by Crippen LogP contribution is -1.88. The first-order valence-electron chi connectivity index (χ1n) is 9.26. The minimum atomic E-state index is 0.140. The maximum Gasteiger partial charge on any atom is 0.0681 e. The van der Waals surface area contributed by atoms with Gasteiger partial charge in [-0.05, 0) is 30.0 Å². The highest BCUT2D eigenvalue weighted by molar-refractivity contribution is 5.15. The molecule has 0 fully saturated rings. The molecule has 0 radical (unpaired) electrons. The molecule has 3 rings (SSSR count). The van der Waals surface area contributed by atoms with E-state index in [-0.39, 0.29) is 26.4 Å². The summed E-state index contributed by atoms with van der Waals surface area (Å²) in [6.45, 7) is 2.45. The van der Waals surface area contributed by atoms with Crippen molar-refractivity contribution in [3.63, 3.8) is 0 Å². The van der Waals surface area contributed by atoms with Gasteiger partial charge in [0.25, 0.3) is 0 Å². The first kappa shape index (κ1) is 25.5. The van der Waals surface area contributed by atoms with E-state index in [1.807, 2.05) is 91.0 Å². The monoisotopic (exact) mass is 384 g/mol. The van der Waals surface area contributed by atoms with E-state index in [2.05, 4.69) is 0 Å². The molecule has 0 aliphatic rings. The lowest BCUT2D eigenvalue weighted by Gasteiger charge is -1.93. The van der Waals surface area contributed by atoms with Crippen molar-refractivity contribution in [1.82, 2.24) is 0 Å². The third-order valence-electron chi connectivity index (χ3n) is 3.29. The minimum absolute atomic E-state index is 0.140. The Morgan fingerprint density at radius 1 is 0.500 bits per heavy atom. The molecular weight excluding hydrogens is 352 g/mol. The van der Waals surface area contributed by atoms with E-state index in [0.717, 1.165) is 17.5 Å². The fraction of sp³-hybridized carbons (Fsp3) is 0.250. The highest BCUT2D eigenvalue weighted by atomic mass is 16.3. The Morgan fingerprint density at radius 2 is 0.786 bits per heavy atom. The first-order valence-corrected chi connectivity index (χ1v) is 9.26. The molecule has 0 aromatic heterocycles. The smallest absolute Gasteiger partial charge is 0.0681 e. The molecule has 0 atom stereocenters. The summed E-state index contributed by atoms with van der Waals surface area (Å²) in [4.78, 5) is 0. The summed E-state index contributed by atoms with van der Waals surface area (Å²) in [5, 5.41) is 33.2. The second kappa shape index (κ2) is 19.3.